The second-order valence-electron chi connectivity index (χ2n) is 4.97. The molecule has 104 valence electrons. The van der Waals surface area contributed by atoms with Gasteiger partial charge in [-0.1, -0.05) is 6.58 Å². The van der Waals surface area contributed by atoms with Gasteiger partial charge in [0.05, 0.1) is 0 Å². The molecule has 1 aliphatic heterocycles. The maximum atomic E-state index is 12.0. The lowest BCUT2D eigenvalue weighted by molar-refractivity contribution is 0.248. The fourth-order valence-corrected chi connectivity index (χ4v) is 2.41. The predicted molar refractivity (Wildman–Crippen MR) is 73.0 cm³/mol. The van der Waals surface area contributed by atoms with Crippen LogP contribution in [-0.2, 0) is 13.0 Å². The van der Waals surface area contributed by atoms with Crippen molar-refractivity contribution in [2.75, 3.05) is 0 Å². The first-order valence-corrected chi connectivity index (χ1v) is 6.25. The highest BCUT2D eigenvalue weighted by Gasteiger charge is 2.29. The van der Waals surface area contributed by atoms with Crippen molar-refractivity contribution in [3.05, 3.63) is 45.8 Å². The summed E-state index contributed by atoms with van der Waals surface area (Å²) in [6.07, 6.45) is 0.272. The summed E-state index contributed by atoms with van der Waals surface area (Å²) in [5, 5.41) is 19.5. The molecule has 2 aromatic rings. The van der Waals surface area contributed by atoms with Gasteiger partial charge in [0, 0.05) is 24.1 Å². The third-order valence-electron chi connectivity index (χ3n) is 3.47. The minimum absolute atomic E-state index is 0.112. The summed E-state index contributed by atoms with van der Waals surface area (Å²) in [6.45, 7) is 5.31. The maximum Gasteiger partial charge on any atom is 0.196 e. The van der Waals surface area contributed by atoms with E-state index in [9.17, 15) is 9.90 Å². The Bertz CT molecular complexity index is 772. The lowest BCUT2D eigenvalue weighted by Crippen LogP contribution is -2.13. The molecule has 1 aliphatic rings. The number of phenols is 1. The smallest absolute Gasteiger partial charge is 0.196 e. The first-order chi connectivity index (χ1) is 9.51. The molecule has 1 atom stereocenters. The summed E-state index contributed by atoms with van der Waals surface area (Å²) >= 11 is 0. The Hall–Kier alpha value is -2.27. The quantitative estimate of drug-likeness (QED) is 0.817. The van der Waals surface area contributed by atoms with E-state index in [1.165, 1.54) is 6.07 Å². The molecule has 2 N–H and O–H groups in total. The Kier molecular flexibility index (Phi) is 2.79. The molecule has 0 fully saturated rings. The molecule has 3 rings (SSSR count). The van der Waals surface area contributed by atoms with E-state index in [2.05, 4.69) is 6.58 Å². The summed E-state index contributed by atoms with van der Waals surface area (Å²) in [7, 11) is 0. The van der Waals surface area contributed by atoms with Gasteiger partial charge in [-0.25, -0.2) is 0 Å². The van der Waals surface area contributed by atoms with Gasteiger partial charge in [-0.05, 0) is 12.5 Å². The SMILES string of the molecule is C=C(C)[C@@H]1Cc2c(cc3oc(CO)cc(=O)c3c2O)O1. The third kappa shape index (κ3) is 1.78. The van der Waals surface area contributed by atoms with Crippen molar-refractivity contribution in [1.82, 2.24) is 0 Å². The molecule has 1 aromatic carbocycles. The van der Waals surface area contributed by atoms with Gasteiger partial charge < -0.3 is 19.4 Å². The fraction of sp³-hybridized carbons (Fsp3) is 0.267. The van der Waals surface area contributed by atoms with E-state index in [1.54, 1.807) is 6.07 Å². The average Bonchev–Trinajstić information content (AvgIpc) is 2.82. The van der Waals surface area contributed by atoms with Crippen LogP contribution in [0.4, 0.5) is 0 Å². The molecule has 5 heteroatoms. The highest BCUT2D eigenvalue weighted by molar-refractivity contribution is 5.87. The fourth-order valence-electron chi connectivity index (χ4n) is 2.41. The molecule has 0 radical (unpaired) electrons. The van der Waals surface area contributed by atoms with Crippen molar-refractivity contribution in [3.63, 3.8) is 0 Å². The van der Waals surface area contributed by atoms with Crippen LogP contribution < -0.4 is 10.2 Å². The average molecular weight is 274 g/mol. The number of rotatable bonds is 2. The van der Waals surface area contributed by atoms with Crippen LogP contribution in [0, 0.1) is 0 Å². The second-order valence-corrected chi connectivity index (χ2v) is 4.97. The topological polar surface area (TPSA) is 79.9 Å². The molecule has 0 bridgehead atoms. The number of hydrogen-bond donors (Lipinski definition) is 2. The van der Waals surface area contributed by atoms with Crippen LogP contribution >= 0.6 is 0 Å². The molecule has 0 spiro atoms. The molecule has 1 aromatic heterocycles. The maximum absolute atomic E-state index is 12.0. The molecule has 0 aliphatic carbocycles. The molecular formula is C15H14O5. The van der Waals surface area contributed by atoms with Crippen LogP contribution in [0.2, 0.25) is 0 Å². The molecule has 0 amide bonds. The zero-order valence-electron chi connectivity index (χ0n) is 11.0. The van der Waals surface area contributed by atoms with Crippen molar-refractivity contribution < 1.29 is 19.4 Å². The molecule has 20 heavy (non-hydrogen) atoms. The number of hydrogen-bond acceptors (Lipinski definition) is 5. The number of aliphatic hydroxyl groups is 1. The van der Waals surface area contributed by atoms with Crippen molar-refractivity contribution >= 4 is 11.0 Å². The number of aliphatic hydroxyl groups excluding tert-OH is 1. The minimum Gasteiger partial charge on any atom is -0.507 e. The highest BCUT2D eigenvalue weighted by Crippen LogP contribution is 2.41. The van der Waals surface area contributed by atoms with Crippen molar-refractivity contribution in [3.8, 4) is 11.5 Å². The number of aromatic hydroxyl groups is 1. The number of benzene rings is 1. The van der Waals surface area contributed by atoms with E-state index in [0.29, 0.717) is 17.7 Å². The van der Waals surface area contributed by atoms with Crippen LogP contribution in [0.25, 0.3) is 11.0 Å². The van der Waals surface area contributed by atoms with E-state index >= 15 is 0 Å². The second kappa shape index (κ2) is 4.38. The lowest BCUT2D eigenvalue weighted by atomic mass is 10.0. The summed E-state index contributed by atoms with van der Waals surface area (Å²) in [5.41, 5.74) is 1.27. The van der Waals surface area contributed by atoms with Gasteiger partial charge in [0.1, 0.15) is 40.9 Å². The molecule has 5 nitrogen and oxygen atoms in total. The molecule has 0 saturated carbocycles. The Morgan fingerprint density at radius 1 is 1.50 bits per heavy atom. The summed E-state index contributed by atoms with van der Waals surface area (Å²) in [6, 6.07) is 2.76. The van der Waals surface area contributed by atoms with E-state index in [0.717, 1.165) is 5.57 Å². The van der Waals surface area contributed by atoms with Crippen molar-refractivity contribution in [1.29, 1.82) is 0 Å². The zero-order valence-corrected chi connectivity index (χ0v) is 11.0. The van der Waals surface area contributed by atoms with Gasteiger partial charge in [-0.15, -0.1) is 0 Å². The molecular weight excluding hydrogens is 260 g/mol. The molecule has 2 heterocycles. The largest absolute Gasteiger partial charge is 0.507 e. The predicted octanol–water partition coefficient (Wildman–Crippen LogP) is 1.87. The third-order valence-corrected chi connectivity index (χ3v) is 3.47. The zero-order chi connectivity index (χ0) is 14.4. The van der Waals surface area contributed by atoms with Crippen LogP contribution in [0.15, 0.2) is 33.5 Å². The first kappa shape index (κ1) is 12.7. The summed E-state index contributed by atoms with van der Waals surface area (Å²) < 4.78 is 11.1. The van der Waals surface area contributed by atoms with Crippen LogP contribution in [0.5, 0.6) is 11.5 Å². The Morgan fingerprint density at radius 2 is 2.25 bits per heavy atom. The van der Waals surface area contributed by atoms with E-state index in [4.69, 9.17) is 14.3 Å². The van der Waals surface area contributed by atoms with Crippen LogP contribution in [-0.4, -0.2) is 16.3 Å². The van der Waals surface area contributed by atoms with Gasteiger partial charge in [0.25, 0.3) is 0 Å². The van der Waals surface area contributed by atoms with Crippen LogP contribution in [0.1, 0.15) is 18.2 Å². The highest BCUT2D eigenvalue weighted by atomic mass is 16.5. The van der Waals surface area contributed by atoms with Gasteiger partial charge >= 0.3 is 0 Å². The monoisotopic (exact) mass is 274 g/mol. The Labute approximate surface area is 114 Å². The van der Waals surface area contributed by atoms with E-state index in [1.807, 2.05) is 6.92 Å². The van der Waals surface area contributed by atoms with E-state index in [-0.39, 0.29) is 40.6 Å². The van der Waals surface area contributed by atoms with E-state index < -0.39 is 0 Å². The minimum atomic E-state index is -0.380. The van der Waals surface area contributed by atoms with Gasteiger partial charge in [-0.2, -0.15) is 0 Å². The van der Waals surface area contributed by atoms with Gasteiger partial charge in [0.2, 0.25) is 0 Å². The van der Waals surface area contributed by atoms with Crippen LogP contribution in [0.3, 0.4) is 0 Å². The number of phenolic OH excluding ortho intramolecular Hbond substituents is 1. The normalized spacial score (nSPS) is 17.0. The first-order valence-electron chi connectivity index (χ1n) is 6.25. The lowest BCUT2D eigenvalue weighted by Gasteiger charge is -2.09. The molecule has 0 saturated heterocycles. The standard InChI is InChI=1S/C15H14O5/c1-7(2)11-4-9-12(20-11)5-13-14(15(9)18)10(17)3-8(6-16)19-13/h3,5,11,16,18H,1,4,6H2,2H3/t11-/m0/s1. The Balaban J connectivity index is 2.26. The Morgan fingerprint density at radius 3 is 2.90 bits per heavy atom. The number of fused-ring (bicyclic) bond motifs is 2. The van der Waals surface area contributed by atoms with Crippen molar-refractivity contribution in [2.24, 2.45) is 0 Å². The van der Waals surface area contributed by atoms with Gasteiger partial charge in [0.15, 0.2) is 5.43 Å². The van der Waals surface area contributed by atoms with Gasteiger partial charge in [-0.3, -0.25) is 4.79 Å². The van der Waals surface area contributed by atoms with Crippen molar-refractivity contribution in [2.45, 2.75) is 26.1 Å². The number of ether oxygens (including phenoxy) is 1. The summed E-state index contributed by atoms with van der Waals surface area (Å²) in [5.74, 6) is 0.525. The summed E-state index contributed by atoms with van der Waals surface area (Å²) in [4.78, 5) is 12.0. The molecule has 0 unspecified atom stereocenters.